The van der Waals surface area contributed by atoms with Gasteiger partial charge in [-0.3, -0.25) is 8.47 Å². The first-order valence-electron chi connectivity index (χ1n) is 43.0. The predicted molar refractivity (Wildman–Crippen MR) is 487 cm³/mol. The van der Waals surface area contributed by atoms with Crippen molar-refractivity contribution < 1.29 is 82.7 Å². The number of fused-ring (bicyclic) bond motifs is 14. The molecule has 0 fully saturated rings. The van der Waals surface area contributed by atoms with Gasteiger partial charge in [-0.05, 0) is 130 Å². The lowest BCUT2D eigenvalue weighted by Crippen LogP contribution is -2.74. The summed E-state index contributed by atoms with van der Waals surface area (Å²) in [6, 6.07) is 46.8. The first-order valence-corrected chi connectivity index (χ1v) is 49.0. The number of ether oxygens (including phenoxy) is 8. The highest BCUT2D eigenvalue weighted by atomic mass is 28.5. The molecule has 127 heavy (non-hydrogen) atoms. The number of aryl methyl sites for hydroxylation is 8. The van der Waals surface area contributed by atoms with Gasteiger partial charge in [-0.25, -0.2) is 66.5 Å². The lowest BCUT2D eigenvalue weighted by atomic mass is 10.1. The van der Waals surface area contributed by atoms with Gasteiger partial charge in [-0.2, -0.15) is 0 Å². The minimum absolute atomic E-state index is 0.100. The molecule has 26 nitrogen and oxygen atoms in total. The lowest BCUT2D eigenvalue weighted by molar-refractivity contribution is -0.671. The molecule has 18 rings (SSSR count). The highest BCUT2D eigenvalue weighted by Crippen LogP contribution is 2.56. The smallest absolute Gasteiger partial charge is 0.447 e. The molecule has 4 aromatic carbocycles. The molecule has 0 spiro atoms. The van der Waals surface area contributed by atoms with E-state index in [0.29, 0.717) is 158 Å². The van der Waals surface area contributed by atoms with Gasteiger partial charge in [0.25, 0.3) is 0 Å². The number of rotatable bonds is 26. The molecule has 0 saturated carbocycles. The van der Waals surface area contributed by atoms with E-state index in [-0.39, 0.29) is 56.6 Å². The van der Waals surface area contributed by atoms with Gasteiger partial charge in [-0.15, -0.1) is 0 Å². The van der Waals surface area contributed by atoms with E-state index in [4.69, 9.17) is 67.8 Å². The molecular weight excluding hydrogens is 1650 g/mol. The number of nitrogens with zero attached hydrogens (tertiary/aromatic N) is 16. The molecule has 0 unspecified atom stereocenters. The normalized spacial score (nSPS) is 13.7. The van der Waals surface area contributed by atoms with Crippen LogP contribution in [-0.2, 0) is 64.6 Å². The standard InChI is InChI=1S/C98H106N16O10Si3/c1-61(2)125(62(3)4,63(5)6)123-127(124-126(64(7)8,65(9)10)66(11)12)113-95-79-49-87(119-71-33-25-41-109(17)57-71)88(120-72-34-26-42-110(18)58-72)50-80(79)97(113)103-93-77-47-85(117-69-31-23-39-107(15)55-69)86(118-70-32-24-40-108(16)56-70)48-78(77)94(100-93)104-98-82-52-90(122-74-36-28-44-112(20)60-74)89(121-73-35-27-43-111(19)59-73)51-81(82)96(114(98)127)102-92-76-46-84(116-68-30-22-38-106(14)54-68)83(45-75(76)91(99-92)101-95)115-67-29-21-37-105(13)53-67/h21-66H,1-20H3/q+8. The molecule has 29 heteroatoms. The van der Waals surface area contributed by atoms with Crippen LogP contribution in [-0.4, -0.2) is 57.3 Å². The van der Waals surface area contributed by atoms with E-state index in [1.807, 2.05) is 338 Å². The Kier molecular flexibility index (Phi) is 22.2. The molecule has 0 aliphatic carbocycles. The fourth-order valence-electron chi connectivity index (χ4n) is 18.7. The van der Waals surface area contributed by atoms with Crippen LogP contribution in [0.2, 0.25) is 33.2 Å². The van der Waals surface area contributed by atoms with Crippen molar-refractivity contribution in [1.29, 1.82) is 0 Å². The molecule has 6 bridgehead atoms. The Bertz CT molecular complexity index is 6610. The molecule has 0 N–H and O–H groups in total. The van der Waals surface area contributed by atoms with Crippen LogP contribution in [0.5, 0.6) is 92.0 Å². The monoisotopic (exact) mass is 1750 g/mol. The number of benzene rings is 4. The second-order valence-corrected chi connectivity index (χ2v) is 49.1. The maximum atomic E-state index is 9.58. The Labute approximate surface area is 741 Å². The third-order valence-corrected chi connectivity index (χ3v) is 41.9. The third kappa shape index (κ3) is 15.8. The quantitative estimate of drug-likeness (QED) is 0.0370. The van der Waals surface area contributed by atoms with Crippen LogP contribution in [0, 0.1) is 0 Å². The Morgan fingerprint density at radius 3 is 0.654 bits per heavy atom. The molecule has 0 radical (unpaired) electrons. The number of hydrogen-bond donors (Lipinski definition) is 0. The fourth-order valence-corrected chi connectivity index (χ4v) is 39.9. The van der Waals surface area contributed by atoms with Crippen LogP contribution in [0.25, 0.3) is 21.5 Å². The van der Waals surface area contributed by atoms with Crippen molar-refractivity contribution >= 4 is 82.0 Å². The molecule has 10 aromatic heterocycles. The van der Waals surface area contributed by atoms with Crippen molar-refractivity contribution in [2.75, 3.05) is 0 Å². The number of pyridine rings is 8. The minimum Gasteiger partial charge on any atom is -0.447 e. The van der Waals surface area contributed by atoms with Crippen molar-refractivity contribution in [3.63, 3.8) is 0 Å². The van der Waals surface area contributed by atoms with E-state index in [1.165, 1.54) is 0 Å². The molecule has 4 aliphatic heterocycles. The highest BCUT2D eigenvalue weighted by Gasteiger charge is 2.65. The summed E-state index contributed by atoms with van der Waals surface area (Å²) in [6.07, 6.45) is 31.1. The van der Waals surface area contributed by atoms with E-state index in [0.717, 1.165) is 0 Å². The van der Waals surface area contributed by atoms with Gasteiger partial charge in [-0.1, -0.05) is 83.1 Å². The third-order valence-electron chi connectivity index (χ3n) is 24.1. The van der Waals surface area contributed by atoms with Crippen LogP contribution in [0.1, 0.15) is 105 Å². The van der Waals surface area contributed by atoms with Crippen molar-refractivity contribution in [3.8, 4) is 92.0 Å². The summed E-state index contributed by atoms with van der Waals surface area (Å²) >= 11 is 0. The molecule has 642 valence electrons. The molecule has 14 heterocycles. The van der Waals surface area contributed by atoms with Gasteiger partial charge in [0.05, 0.1) is 0 Å². The Morgan fingerprint density at radius 2 is 0.449 bits per heavy atom. The van der Waals surface area contributed by atoms with Crippen LogP contribution in [0.3, 0.4) is 0 Å². The number of aliphatic imine (C=N–C) groups is 4. The maximum Gasteiger partial charge on any atom is 0.582 e. The lowest BCUT2D eigenvalue weighted by Gasteiger charge is -2.53. The second kappa shape index (κ2) is 33.4. The Morgan fingerprint density at radius 1 is 0.252 bits per heavy atom. The summed E-state index contributed by atoms with van der Waals surface area (Å²) in [4.78, 5) is 36.8. The van der Waals surface area contributed by atoms with Crippen molar-refractivity contribution in [1.82, 2.24) is 8.47 Å². The summed E-state index contributed by atoms with van der Waals surface area (Å²) in [5.74, 6) is 8.91. The average molecular weight is 1750 g/mol. The SMILES string of the molecule is CC(C)[Si](O[Si]1(O[Si](C(C)C)(C(C)C)C(C)C)n2c3c4cc(Oc5ccc[n+](C)c5)c(Oc5ccc[n+](C)c5)cc4c2N=C2N=C(N=c4c5cc(Oc6ccc[n+](C)c6)c(Oc6ccc[n+](C)c6)cc5c(n41)=NC1=NC(=N3)c3cc(Oc4ccc[n+](C)c4)c(Oc4ccc[n+](C)c4)cc31)c1cc(Oc3ccc[n+](C)c3)c(Oc3ccc[n+](C)c3)cc12)(C(C)C)C(C)C. The van der Waals surface area contributed by atoms with E-state index in [9.17, 15) is 8.23 Å². The fraction of sp³-hybridized carbons (Fsp3) is 0.265. The van der Waals surface area contributed by atoms with E-state index in [2.05, 4.69) is 91.6 Å². The van der Waals surface area contributed by atoms with E-state index >= 15 is 0 Å². The van der Waals surface area contributed by atoms with Crippen LogP contribution >= 0.6 is 0 Å². The predicted octanol–water partition coefficient (Wildman–Crippen LogP) is 16.7. The van der Waals surface area contributed by atoms with Crippen molar-refractivity contribution in [2.45, 2.75) is 116 Å². The first kappa shape index (κ1) is 84.3. The van der Waals surface area contributed by atoms with Gasteiger partial charge >= 0.3 is 8.88 Å². The molecule has 0 amide bonds. The Hall–Kier alpha value is -13.6. The summed E-state index contributed by atoms with van der Waals surface area (Å²) in [7, 11) is 3.14. The summed E-state index contributed by atoms with van der Waals surface area (Å²) in [5.41, 5.74) is 2.34. The highest BCUT2D eigenvalue weighted by molar-refractivity contribution is 6.92. The van der Waals surface area contributed by atoms with E-state index < -0.39 is 25.5 Å². The summed E-state index contributed by atoms with van der Waals surface area (Å²) in [5, 5.41) is 2.22. The van der Waals surface area contributed by atoms with Gasteiger partial charge in [0.1, 0.15) is 79.0 Å². The van der Waals surface area contributed by atoms with Gasteiger partial charge in [0.2, 0.25) is 49.6 Å². The van der Waals surface area contributed by atoms with Crippen molar-refractivity contribution in [2.24, 2.45) is 86.3 Å². The zero-order valence-electron chi connectivity index (χ0n) is 75.3. The second-order valence-electron chi connectivity index (χ2n) is 35.2. The van der Waals surface area contributed by atoms with Gasteiger partial charge in [0.15, 0.2) is 182 Å². The van der Waals surface area contributed by atoms with Gasteiger partial charge < -0.3 is 46.1 Å². The zero-order valence-corrected chi connectivity index (χ0v) is 78.3. The largest absolute Gasteiger partial charge is 0.582 e. The molecule has 14 aromatic rings. The van der Waals surface area contributed by atoms with Crippen molar-refractivity contribution in [3.05, 3.63) is 278 Å². The molecular formula is C98H106N16O10Si3+8. The number of amidine groups is 4. The minimum atomic E-state index is -5.36. The van der Waals surface area contributed by atoms with Crippen LogP contribution in [0.4, 0.5) is 11.6 Å². The summed E-state index contributed by atoms with van der Waals surface area (Å²) < 4.78 is 97.3. The zero-order chi connectivity index (χ0) is 88.8. The molecule has 0 atom stereocenters. The summed E-state index contributed by atoms with van der Waals surface area (Å²) in [6.45, 7) is 27.8. The first-order chi connectivity index (χ1) is 61.0. The Balaban J connectivity index is 1.11. The van der Waals surface area contributed by atoms with Gasteiger partial charge in [0, 0.05) is 92.3 Å². The van der Waals surface area contributed by atoms with E-state index in [1.54, 1.807) is 0 Å². The number of aromatic nitrogens is 10. The molecule has 0 saturated heterocycles. The maximum absolute atomic E-state index is 9.58. The number of hydrogen-bond acceptors (Lipinski definition) is 16. The average Bonchev–Trinajstić information content (AvgIpc) is 1.52. The van der Waals surface area contributed by atoms with Crippen LogP contribution < -0.4 is 85.4 Å². The van der Waals surface area contributed by atoms with Crippen LogP contribution in [0.15, 0.2) is 275 Å². The topological polar surface area (TPSA) is 207 Å². The molecule has 4 aliphatic rings.